The summed E-state index contributed by atoms with van der Waals surface area (Å²) in [5, 5.41) is 13.5. The number of nitrogens with zero attached hydrogens (tertiary/aromatic N) is 4. The molecule has 9 nitrogen and oxygen atoms in total. The Hall–Kier alpha value is -4.66. The van der Waals surface area contributed by atoms with E-state index in [4.69, 9.17) is 4.74 Å². The highest BCUT2D eigenvalue weighted by Crippen LogP contribution is 2.35. The molecule has 0 radical (unpaired) electrons. The van der Waals surface area contributed by atoms with E-state index in [0.29, 0.717) is 41.4 Å². The van der Waals surface area contributed by atoms with Crippen molar-refractivity contribution in [2.24, 2.45) is 0 Å². The van der Waals surface area contributed by atoms with Crippen molar-refractivity contribution in [3.63, 3.8) is 0 Å². The average molecular weight is 469 g/mol. The molecule has 35 heavy (non-hydrogen) atoms. The van der Waals surface area contributed by atoms with Gasteiger partial charge in [0.2, 0.25) is 5.88 Å². The lowest BCUT2D eigenvalue weighted by Gasteiger charge is -2.09. The Morgan fingerprint density at radius 3 is 2.80 bits per heavy atom. The van der Waals surface area contributed by atoms with E-state index < -0.39 is 0 Å². The Bertz CT molecular complexity index is 1520. The molecule has 3 aromatic heterocycles. The fourth-order valence-corrected chi connectivity index (χ4v) is 3.97. The first-order chi connectivity index (χ1) is 17.0. The number of hydrogen-bond donors (Lipinski definition) is 3. The summed E-state index contributed by atoms with van der Waals surface area (Å²) in [5.41, 5.74) is 4.06. The minimum absolute atomic E-state index is 0.0865. The first-order valence-corrected chi connectivity index (χ1v) is 11.1. The highest BCUT2D eigenvalue weighted by atomic mass is 16.5. The van der Waals surface area contributed by atoms with E-state index >= 15 is 0 Å². The van der Waals surface area contributed by atoms with Gasteiger partial charge in [0.25, 0.3) is 5.91 Å². The summed E-state index contributed by atoms with van der Waals surface area (Å²) < 4.78 is 7.35. The summed E-state index contributed by atoms with van der Waals surface area (Å²) in [6.07, 6.45) is 5.28. The second-order valence-electron chi connectivity index (χ2n) is 8.03. The smallest absolute Gasteiger partial charge is 0.251 e. The Kier molecular flexibility index (Phi) is 5.88. The zero-order valence-corrected chi connectivity index (χ0v) is 19.3. The molecule has 2 aromatic carbocycles. The number of nitrogens with one attached hydrogen (secondary N) is 2. The minimum Gasteiger partial charge on any atom is -0.507 e. The Morgan fingerprint density at radius 1 is 1.11 bits per heavy atom. The topological polar surface area (TPSA) is 118 Å². The average Bonchev–Trinajstić information content (AvgIpc) is 3.49. The van der Waals surface area contributed by atoms with Crippen molar-refractivity contribution in [2.75, 3.05) is 13.7 Å². The van der Waals surface area contributed by atoms with Crippen LogP contribution >= 0.6 is 0 Å². The van der Waals surface area contributed by atoms with Gasteiger partial charge in [0, 0.05) is 42.8 Å². The predicted octanol–water partition coefficient (Wildman–Crippen LogP) is 3.94. The first-order valence-electron chi connectivity index (χ1n) is 11.1. The van der Waals surface area contributed by atoms with E-state index in [9.17, 15) is 9.90 Å². The van der Waals surface area contributed by atoms with Crippen LogP contribution in [0.15, 0.2) is 67.1 Å². The third-order valence-electron chi connectivity index (χ3n) is 5.83. The molecule has 0 aliphatic heterocycles. The predicted molar refractivity (Wildman–Crippen MR) is 132 cm³/mol. The van der Waals surface area contributed by atoms with Crippen molar-refractivity contribution in [1.82, 2.24) is 29.8 Å². The number of aromatic nitrogens is 5. The van der Waals surface area contributed by atoms with E-state index in [1.165, 1.54) is 0 Å². The number of hydrogen-bond acceptors (Lipinski definition) is 6. The van der Waals surface area contributed by atoms with Crippen LogP contribution in [0.25, 0.3) is 33.5 Å². The Balaban J connectivity index is 1.39. The van der Waals surface area contributed by atoms with E-state index in [2.05, 4.69) is 25.3 Å². The second kappa shape index (κ2) is 9.30. The van der Waals surface area contributed by atoms with Gasteiger partial charge < -0.3 is 24.7 Å². The van der Waals surface area contributed by atoms with Crippen LogP contribution in [0.3, 0.4) is 0 Å². The number of aromatic amines is 1. The van der Waals surface area contributed by atoms with Gasteiger partial charge in [-0.3, -0.25) is 4.79 Å². The maximum atomic E-state index is 12.7. The number of ether oxygens (including phenoxy) is 1. The third-order valence-corrected chi connectivity index (χ3v) is 5.83. The van der Waals surface area contributed by atoms with Crippen LogP contribution in [0.2, 0.25) is 0 Å². The Morgan fingerprint density at radius 2 is 2.00 bits per heavy atom. The summed E-state index contributed by atoms with van der Waals surface area (Å²) in [7, 11) is 1.57. The van der Waals surface area contributed by atoms with Gasteiger partial charge in [-0.05, 0) is 55.0 Å². The van der Waals surface area contributed by atoms with Gasteiger partial charge in [0.05, 0.1) is 23.7 Å². The van der Waals surface area contributed by atoms with Crippen LogP contribution in [0.4, 0.5) is 0 Å². The molecule has 0 unspecified atom stereocenters. The quantitative estimate of drug-likeness (QED) is 0.333. The monoisotopic (exact) mass is 468 g/mol. The minimum atomic E-state index is -0.178. The molecule has 0 fully saturated rings. The lowest BCUT2D eigenvalue weighted by molar-refractivity contribution is 0.0952. The molecule has 0 bridgehead atoms. The molecule has 0 atom stereocenters. The normalized spacial score (nSPS) is 11.0. The number of H-pyrrole nitrogens is 1. The number of rotatable bonds is 7. The van der Waals surface area contributed by atoms with Crippen LogP contribution < -0.4 is 10.1 Å². The lowest BCUT2D eigenvalue weighted by atomic mass is 10.0. The molecule has 0 spiro atoms. The van der Waals surface area contributed by atoms with Crippen LogP contribution in [0.1, 0.15) is 16.2 Å². The number of aromatic hydroxyl groups is 1. The van der Waals surface area contributed by atoms with E-state index in [-0.39, 0.29) is 11.7 Å². The number of fused-ring (bicyclic) bond motifs is 1. The fourth-order valence-electron chi connectivity index (χ4n) is 3.97. The highest BCUT2D eigenvalue weighted by Gasteiger charge is 2.15. The van der Waals surface area contributed by atoms with E-state index in [1.807, 2.05) is 42.0 Å². The molecule has 0 aliphatic rings. The van der Waals surface area contributed by atoms with Crippen LogP contribution in [-0.4, -0.2) is 49.2 Å². The molecule has 9 heteroatoms. The maximum Gasteiger partial charge on any atom is 0.251 e. The van der Waals surface area contributed by atoms with Crippen molar-refractivity contribution < 1.29 is 14.6 Å². The highest BCUT2D eigenvalue weighted by molar-refractivity contribution is 5.97. The van der Waals surface area contributed by atoms with Gasteiger partial charge >= 0.3 is 0 Å². The molecule has 176 valence electrons. The van der Waals surface area contributed by atoms with Gasteiger partial charge in [-0.1, -0.05) is 6.07 Å². The third kappa shape index (κ3) is 4.43. The number of phenols is 1. The summed E-state index contributed by atoms with van der Waals surface area (Å²) in [6, 6.07) is 14.3. The molecule has 5 aromatic rings. The largest absolute Gasteiger partial charge is 0.507 e. The molecule has 3 N–H and O–H groups in total. The number of carbonyl (C=O) groups is 1. The number of phenolic OH excluding ortho intramolecular Hbond substituents is 1. The van der Waals surface area contributed by atoms with Gasteiger partial charge in [-0.2, -0.15) is 0 Å². The SMILES string of the molecule is COc1ncccc1-c1ccc(O)c(-c2nc3cc(C(=O)NCCn4ccnc4C)ccc3[nH]2)c1. The summed E-state index contributed by atoms with van der Waals surface area (Å²) >= 11 is 0. The zero-order valence-electron chi connectivity index (χ0n) is 19.3. The zero-order chi connectivity index (χ0) is 24.4. The Labute approximate surface area is 201 Å². The van der Waals surface area contributed by atoms with E-state index in [0.717, 1.165) is 22.5 Å². The number of carbonyl (C=O) groups excluding carboxylic acids is 1. The second-order valence-corrected chi connectivity index (χ2v) is 8.03. The van der Waals surface area contributed by atoms with E-state index in [1.54, 1.807) is 43.8 Å². The number of benzene rings is 2. The van der Waals surface area contributed by atoms with Crippen molar-refractivity contribution in [3.05, 3.63) is 78.5 Å². The van der Waals surface area contributed by atoms with Crippen molar-refractivity contribution in [2.45, 2.75) is 13.5 Å². The van der Waals surface area contributed by atoms with Crippen molar-refractivity contribution in [3.8, 4) is 34.1 Å². The number of methoxy groups -OCH3 is 1. The summed E-state index contributed by atoms with van der Waals surface area (Å²) in [6.45, 7) is 3.05. The number of aryl methyl sites for hydroxylation is 1. The van der Waals surface area contributed by atoms with Crippen molar-refractivity contribution >= 4 is 16.9 Å². The van der Waals surface area contributed by atoms with Gasteiger partial charge in [-0.15, -0.1) is 0 Å². The van der Waals surface area contributed by atoms with Crippen LogP contribution in [0.5, 0.6) is 11.6 Å². The number of amides is 1. The molecule has 0 saturated carbocycles. The molecular formula is C26H24N6O3. The fraction of sp³-hybridized carbons (Fsp3) is 0.154. The molecule has 5 rings (SSSR count). The van der Waals surface area contributed by atoms with Gasteiger partial charge in [0.1, 0.15) is 17.4 Å². The van der Waals surface area contributed by atoms with Gasteiger partial charge in [0.15, 0.2) is 0 Å². The summed E-state index contributed by atoms with van der Waals surface area (Å²) in [4.78, 5) is 29.0. The molecular weight excluding hydrogens is 444 g/mol. The first kappa shape index (κ1) is 22.1. The molecule has 1 amide bonds. The van der Waals surface area contributed by atoms with Gasteiger partial charge in [-0.25, -0.2) is 15.0 Å². The van der Waals surface area contributed by atoms with Crippen LogP contribution in [-0.2, 0) is 6.54 Å². The number of pyridine rings is 1. The van der Waals surface area contributed by atoms with Crippen molar-refractivity contribution in [1.29, 1.82) is 0 Å². The summed E-state index contributed by atoms with van der Waals surface area (Å²) in [5.74, 6) is 1.80. The molecule has 0 saturated heterocycles. The lowest BCUT2D eigenvalue weighted by Crippen LogP contribution is -2.27. The standard InChI is InChI=1S/C26H24N6O3/c1-16-27-10-12-32(16)13-11-28-25(34)18-5-7-21-22(15-18)31-24(30-21)20-14-17(6-8-23(20)33)19-4-3-9-29-26(19)35-2/h3-10,12,14-15,33H,11,13H2,1-2H3,(H,28,34)(H,30,31). The molecule has 3 heterocycles. The number of imidazole rings is 2. The maximum absolute atomic E-state index is 12.7. The molecule has 0 aliphatic carbocycles. The van der Waals surface area contributed by atoms with Crippen LogP contribution in [0, 0.1) is 6.92 Å².